The van der Waals surface area contributed by atoms with Crippen molar-refractivity contribution >= 4 is 12.1 Å². The SMILES string of the molecule is CC[n+]1cccc(C(=O)NN=Cc2ccc3c(c2)OCO3)c1. The number of hydrazone groups is 1. The number of nitrogens with one attached hydrogen (secondary N) is 1. The van der Waals surface area contributed by atoms with Gasteiger partial charge in [0.2, 0.25) is 6.79 Å². The Bertz CT molecular complexity index is 728. The third kappa shape index (κ3) is 3.06. The highest BCUT2D eigenvalue weighted by Gasteiger charge is 2.12. The second kappa shape index (κ2) is 6.26. The highest BCUT2D eigenvalue weighted by Crippen LogP contribution is 2.31. The molecule has 2 heterocycles. The summed E-state index contributed by atoms with van der Waals surface area (Å²) in [5.41, 5.74) is 3.89. The van der Waals surface area contributed by atoms with Crippen molar-refractivity contribution in [2.75, 3.05) is 6.79 Å². The molecule has 6 nitrogen and oxygen atoms in total. The number of nitrogens with zero attached hydrogens (tertiary/aromatic N) is 2. The predicted molar refractivity (Wildman–Crippen MR) is 79.9 cm³/mol. The van der Waals surface area contributed by atoms with E-state index in [0.29, 0.717) is 11.3 Å². The van der Waals surface area contributed by atoms with Crippen LogP contribution in [0.25, 0.3) is 0 Å². The van der Waals surface area contributed by atoms with Crippen LogP contribution in [0, 0.1) is 0 Å². The largest absolute Gasteiger partial charge is 0.454 e. The van der Waals surface area contributed by atoms with Crippen LogP contribution in [-0.2, 0) is 6.54 Å². The van der Waals surface area contributed by atoms with Crippen LogP contribution in [0.15, 0.2) is 47.8 Å². The zero-order valence-corrected chi connectivity index (χ0v) is 12.2. The van der Waals surface area contributed by atoms with E-state index in [9.17, 15) is 4.79 Å². The maximum absolute atomic E-state index is 12.0. The zero-order chi connectivity index (χ0) is 15.4. The lowest BCUT2D eigenvalue weighted by atomic mass is 10.2. The van der Waals surface area contributed by atoms with Gasteiger partial charge in [-0.3, -0.25) is 4.79 Å². The van der Waals surface area contributed by atoms with Crippen LogP contribution < -0.4 is 19.5 Å². The second-order valence-electron chi connectivity index (χ2n) is 4.73. The van der Waals surface area contributed by atoms with Gasteiger partial charge >= 0.3 is 0 Å². The van der Waals surface area contributed by atoms with E-state index < -0.39 is 0 Å². The quantitative estimate of drug-likeness (QED) is 0.528. The molecule has 0 aliphatic carbocycles. The van der Waals surface area contributed by atoms with Crippen molar-refractivity contribution in [3.05, 3.63) is 53.9 Å². The topological polar surface area (TPSA) is 63.8 Å². The summed E-state index contributed by atoms with van der Waals surface area (Å²) in [6, 6.07) is 9.05. The number of carbonyl (C=O) groups is 1. The summed E-state index contributed by atoms with van der Waals surface area (Å²) < 4.78 is 12.5. The average molecular weight is 298 g/mol. The Morgan fingerprint density at radius 2 is 2.23 bits per heavy atom. The lowest BCUT2D eigenvalue weighted by Crippen LogP contribution is -2.33. The number of amides is 1. The van der Waals surface area contributed by atoms with Gasteiger partial charge in [0.25, 0.3) is 5.91 Å². The number of pyridine rings is 1. The Labute approximate surface area is 128 Å². The molecular formula is C16H16N3O3+. The van der Waals surface area contributed by atoms with Gasteiger partial charge in [-0.25, -0.2) is 9.99 Å². The molecule has 0 radical (unpaired) electrons. The van der Waals surface area contributed by atoms with Gasteiger partial charge in [0, 0.05) is 6.07 Å². The molecule has 1 aromatic carbocycles. The zero-order valence-electron chi connectivity index (χ0n) is 12.2. The summed E-state index contributed by atoms with van der Waals surface area (Å²) in [6.45, 7) is 3.05. The van der Waals surface area contributed by atoms with Crippen molar-refractivity contribution in [1.82, 2.24) is 5.43 Å². The van der Waals surface area contributed by atoms with E-state index in [-0.39, 0.29) is 12.7 Å². The van der Waals surface area contributed by atoms with Gasteiger partial charge in [-0.1, -0.05) is 0 Å². The van der Waals surface area contributed by atoms with Gasteiger partial charge in [-0.2, -0.15) is 5.10 Å². The maximum Gasteiger partial charge on any atom is 0.277 e. The van der Waals surface area contributed by atoms with Gasteiger partial charge in [-0.05, 0) is 36.8 Å². The Morgan fingerprint density at radius 3 is 3.09 bits per heavy atom. The minimum Gasteiger partial charge on any atom is -0.454 e. The van der Waals surface area contributed by atoms with E-state index in [1.807, 2.05) is 42.0 Å². The molecule has 6 heteroatoms. The van der Waals surface area contributed by atoms with Crippen LogP contribution in [0.5, 0.6) is 11.5 Å². The average Bonchev–Trinajstić information content (AvgIpc) is 3.02. The molecule has 1 N–H and O–H groups in total. The number of ether oxygens (including phenoxy) is 2. The lowest BCUT2D eigenvalue weighted by molar-refractivity contribution is -0.693. The highest BCUT2D eigenvalue weighted by molar-refractivity contribution is 5.94. The first-order valence-corrected chi connectivity index (χ1v) is 6.98. The van der Waals surface area contributed by atoms with Crippen molar-refractivity contribution in [3.63, 3.8) is 0 Å². The Balaban J connectivity index is 1.65. The van der Waals surface area contributed by atoms with Crippen LogP contribution in [-0.4, -0.2) is 18.9 Å². The normalized spacial score (nSPS) is 12.6. The van der Waals surface area contributed by atoms with E-state index in [2.05, 4.69) is 10.5 Å². The summed E-state index contributed by atoms with van der Waals surface area (Å²) in [7, 11) is 0. The van der Waals surface area contributed by atoms with E-state index in [1.54, 1.807) is 18.5 Å². The Hall–Kier alpha value is -2.89. The molecule has 1 amide bonds. The molecule has 22 heavy (non-hydrogen) atoms. The van der Waals surface area contributed by atoms with Crippen molar-refractivity contribution in [1.29, 1.82) is 0 Å². The van der Waals surface area contributed by atoms with E-state index in [1.165, 1.54) is 0 Å². The summed E-state index contributed by atoms with van der Waals surface area (Å²) in [6.07, 6.45) is 5.26. The Morgan fingerprint density at radius 1 is 1.36 bits per heavy atom. The van der Waals surface area contributed by atoms with E-state index in [0.717, 1.165) is 17.9 Å². The molecule has 1 aromatic heterocycles. The predicted octanol–water partition coefficient (Wildman–Crippen LogP) is 1.49. The monoisotopic (exact) mass is 298 g/mol. The number of rotatable bonds is 4. The maximum atomic E-state index is 12.0. The van der Waals surface area contributed by atoms with E-state index >= 15 is 0 Å². The fraction of sp³-hybridized carbons (Fsp3) is 0.188. The highest BCUT2D eigenvalue weighted by atomic mass is 16.7. The standard InChI is InChI=1S/C16H15N3O3/c1-2-19-7-3-4-13(10-19)16(20)18-17-9-12-5-6-14-15(8-12)22-11-21-14/h3-10H,2,11H2,1H3/p+1. The van der Waals surface area contributed by atoms with Gasteiger partial charge in [0.15, 0.2) is 23.9 Å². The molecule has 0 saturated heterocycles. The van der Waals surface area contributed by atoms with Crippen LogP contribution in [0.4, 0.5) is 0 Å². The molecule has 3 rings (SSSR count). The summed E-state index contributed by atoms with van der Waals surface area (Å²) >= 11 is 0. The molecule has 1 aliphatic rings. The van der Waals surface area contributed by atoms with Crippen LogP contribution in [0.2, 0.25) is 0 Å². The third-order valence-electron chi connectivity index (χ3n) is 3.26. The van der Waals surface area contributed by atoms with Gasteiger partial charge in [0.05, 0.1) is 6.21 Å². The van der Waals surface area contributed by atoms with Gasteiger partial charge in [0.1, 0.15) is 12.1 Å². The molecule has 0 fully saturated rings. The van der Waals surface area contributed by atoms with Crippen LogP contribution in [0.3, 0.4) is 0 Å². The molecule has 0 unspecified atom stereocenters. The number of hydrogen-bond donors (Lipinski definition) is 1. The van der Waals surface area contributed by atoms with E-state index in [4.69, 9.17) is 9.47 Å². The summed E-state index contributed by atoms with van der Waals surface area (Å²) in [5, 5.41) is 3.97. The lowest BCUT2D eigenvalue weighted by Gasteiger charge is -2.00. The fourth-order valence-corrected chi connectivity index (χ4v) is 2.08. The number of benzene rings is 1. The molecule has 2 aromatic rings. The van der Waals surface area contributed by atoms with Crippen molar-refractivity contribution in [2.45, 2.75) is 13.5 Å². The smallest absolute Gasteiger partial charge is 0.277 e. The van der Waals surface area contributed by atoms with Crippen molar-refractivity contribution in [3.8, 4) is 11.5 Å². The number of fused-ring (bicyclic) bond motifs is 1. The minimum absolute atomic E-state index is 0.234. The molecule has 0 atom stereocenters. The van der Waals surface area contributed by atoms with Crippen molar-refractivity contribution in [2.24, 2.45) is 5.10 Å². The van der Waals surface area contributed by atoms with Gasteiger partial charge < -0.3 is 9.47 Å². The molecule has 112 valence electrons. The molecule has 1 aliphatic heterocycles. The van der Waals surface area contributed by atoms with Crippen LogP contribution >= 0.6 is 0 Å². The molecule has 0 saturated carbocycles. The Kier molecular flexibility index (Phi) is 4.00. The first-order valence-electron chi connectivity index (χ1n) is 6.98. The first-order chi connectivity index (χ1) is 10.8. The molecular weight excluding hydrogens is 282 g/mol. The first kappa shape index (κ1) is 14.1. The van der Waals surface area contributed by atoms with Crippen molar-refractivity contribution < 1.29 is 18.8 Å². The van der Waals surface area contributed by atoms with Crippen LogP contribution in [0.1, 0.15) is 22.8 Å². The summed E-state index contributed by atoms with van der Waals surface area (Å²) in [4.78, 5) is 12.0. The van der Waals surface area contributed by atoms with Gasteiger partial charge in [-0.15, -0.1) is 0 Å². The number of carbonyl (C=O) groups excluding carboxylic acids is 1. The number of aryl methyl sites for hydroxylation is 1. The fourth-order valence-electron chi connectivity index (χ4n) is 2.08. The number of hydrogen-bond acceptors (Lipinski definition) is 4. The summed E-state index contributed by atoms with van der Waals surface area (Å²) in [5.74, 6) is 1.15. The third-order valence-corrected chi connectivity index (χ3v) is 3.26. The second-order valence-corrected chi connectivity index (χ2v) is 4.73. The number of aromatic nitrogens is 1. The minimum atomic E-state index is -0.250. The molecule has 0 bridgehead atoms. The molecule has 0 spiro atoms.